The number of aromatic nitrogens is 2. The fourth-order valence-electron chi connectivity index (χ4n) is 4.50. The highest BCUT2D eigenvalue weighted by atomic mass is 16.5. The molecule has 2 aliphatic rings. The molecule has 2 heterocycles. The van der Waals surface area contributed by atoms with Crippen molar-refractivity contribution in [1.82, 2.24) is 15.1 Å². The molecule has 32 heavy (non-hydrogen) atoms. The molecule has 1 N–H and O–H groups in total. The van der Waals surface area contributed by atoms with Gasteiger partial charge >= 0.3 is 0 Å². The van der Waals surface area contributed by atoms with Gasteiger partial charge in [-0.15, -0.1) is 0 Å². The van der Waals surface area contributed by atoms with Crippen molar-refractivity contribution >= 4 is 23.4 Å². The largest absolute Gasteiger partial charge is 0.478 e. The molecule has 0 unspecified atom stereocenters. The van der Waals surface area contributed by atoms with Gasteiger partial charge in [-0.3, -0.25) is 19.3 Å². The molecule has 1 aromatic carbocycles. The predicted octanol–water partition coefficient (Wildman–Crippen LogP) is 3.14. The third-order valence-electron chi connectivity index (χ3n) is 6.15. The van der Waals surface area contributed by atoms with Gasteiger partial charge in [-0.1, -0.05) is 26.2 Å². The summed E-state index contributed by atoms with van der Waals surface area (Å²) in [5, 5.41) is 7.33. The van der Waals surface area contributed by atoms with E-state index in [2.05, 4.69) is 10.4 Å². The summed E-state index contributed by atoms with van der Waals surface area (Å²) in [7, 11) is 0. The van der Waals surface area contributed by atoms with Crippen molar-refractivity contribution in [3.8, 4) is 5.75 Å². The second kappa shape index (κ2) is 9.14. The third-order valence-corrected chi connectivity index (χ3v) is 6.15. The van der Waals surface area contributed by atoms with Gasteiger partial charge in [-0.2, -0.15) is 5.10 Å². The fourth-order valence-corrected chi connectivity index (χ4v) is 4.50. The van der Waals surface area contributed by atoms with E-state index in [4.69, 9.17) is 4.74 Å². The highest BCUT2D eigenvalue weighted by Gasteiger charge is 2.35. The van der Waals surface area contributed by atoms with E-state index in [0.29, 0.717) is 23.4 Å². The van der Waals surface area contributed by atoms with Crippen molar-refractivity contribution in [3.05, 3.63) is 41.2 Å². The Labute approximate surface area is 187 Å². The molecule has 4 rings (SSSR count). The van der Waals surface area contributed by atoms with Crippen molar-refractivity contribution in [2.75, 3.05) is 11.4 Å². The molecule has 0 saturated heterocycles. The van der Waals surface area contributed by atoms with E-state index >= 15 is 0 Å². The number of hydrogen-bond acceptors (Lipinski definition) is 5. The molecule has 1 aliphatic heterocycles. The number of ether oxygens (including phenoxy) is 1. The number of aryl methyl sites for hydroxylation is 2. The summed E-state index contributed by atoms with van der Waals surface area (Å²) in [5.41, 5.74) is 2.29. The van der Waals surface area contributed by atoms with Gasteiger partial charge in [0.25, 0.3) is 11.8 Å². The molecule has 8 heteroatoms. The Hall–Kier alpha value is -3.16. The molecular formula is C24H30N4O4. The van der Waals surface area contributed by atoms with Crippen LogP contribution in [-0.4, -0.2) is 46.2 Å². The average Bonchev–Trinajstić information content (AvgIpc) is 3.13. The van der Waals surface area contributed by atoms with Crippen LogP contribution < -0.4 is 15.0 Å². The number of anilines is 1. The first-order chi connectivity index (χ1) is 15.4. The predicted molar refractivity (Wildman–Crippen MR) is 120 cm³/mol. The topological polar surface area (TPSA) is 93.5 Å². The smallest absolute Gasteiger partial charge is 0.278 e. The second-order valence-electron chi connectivity index (χ2n) is 8.67. The number of carbonyl (C=O) groups is 3. The summed E-state index contributed by atoms with van der Waals surface area (Å²) in [6.45, 7) is 5.42. The van der Waals surface area contributed by atoms with Crippen LogP contribution in [-0.2, 0) is 9.59 Å². The fraction of sp³-hybridized carbons (Fsp3) is 0.500. The lowest BCUT2D eigenvalue weighted by atomic mass is 9.95. The SMILES string of the molecule is CC[C@H]1Oc2ccc(C(=O)n3nc(C)cc3C)cc2N(CC(=O)NC2CCCCC2)C1=O. The monoisotopic (exact) mass is 438 g/mol. The zero-order valence-electron chi connectivity index (χ0n) is 18.9. The Morgan fingerprint density at radius 1 is 1.16 bits per heavy atom. The van der Waals surface area contributed by atoms with Crippen LogP contribution in [0.2, 0.25) is 0 Å². The molecule has 1 aliphatic carbocycles. The summed E-state index contributed by atoms with van der Waals surface area (Å²) >= 11 is 0. The lowest BCUT2D eigenvalue weighted by Gasteiger charge is -2.34. The van der Waals surface area contributed by atoms with Gasteiger partial charge in [-0.25, -0.2) is 4.68 Å². The Morgan fingerprint density at radius 3 is 2.56 bits per heavy atom. The zero-order valence-corrected chi connectivity index (χ0v) is 18.9. The molecule has 1 atom stereocenters. The van der Waals surface area contributed by atoms with Crippen LogP contribution in [0.15, 0.2) is 24.3 Å². The minimum absolute atomic E-state index is 0.0975. The first-order valence-corrected chi connectivity index (χ1v) is 11.4. The summed E-state index contributed by atoms with van der Waals surface area (Å²) < 4.78 is 7.21. The van der Waals surface area contributed by atoms with E-state index in [-0.39, 0.29) is 30.3 Å². The lowest BCUT2D eigenvalue weighted by Crippen LogP contribution is -2.51. The number of fused-ring (bicyclic) bond motifs is 1. The number of carbonyl (C=O) groups excluding carboxylic acids is 3. The Balaban J connectivity index is 1.61. The minimum atomic E-state index is -0.650. The molecule has 1 aromatic heterocycles. The van der Waals surface area contributed by atoms with Crippen molar-refractivity contribution in [1.29, 1.82) is 0 Å². The molecule has 0 bridgehead atoms. The Kier molecular flexibility index (Phi) is 6.30. The number of nitrogens with one attached hydrogen (secondary N) is 1. The highest BCUT2D eigenvalue weighted by Crippen LogP contribution is 2.36. The third kappa shape index (κ3) is 4.40. The molecule has 8 nitrogen and oxygen atoms in total. The van der Waals surface area contributed by atoms with Crippen LogP contribution in [0.25, 0.3) is 0 Å². The molecule has 0 spiro atoms. The van der Waals surface area contributed by atoms with Crippen LogP contribution in [0.4, 0.5) is 5.69 Å². The van der Waals surface area contributed by atoms with Gasteiger partial charge in [0.15, 0.2) is 6.10 Å². The number of amides is 2. The lowest BCUT2D eigenvalue weighted by molar-refractivity contribution is -0.129. The van der Waals surface area contributed by atoms with Gasteiger partial charge < -0.3 is 10.1 Å². The van der Waals surface area contributed by atoms with Crippen LogP contribution >= 0.6 is 0 Å². The summed E-state index contributed by atoms with van der Waals surface area (Å²) in [6, 6.07) is 6.96. The van der Waals surface area contributed by atoms with E-state index in [1.807, 2.05) is 26.8 Å². The van der Waals surface area contributed by atoms with Crippen molar-refractivity contribution in [2.24, 2.45) is 0 Å². The maximum atomic E-state index is 13.1. The number of nitrogens with zero attached hydrogens (tertiary/aromatic N) is 3. The normalized spacial score (nSPS) is 18.8. The molecular weight excluding hydrogens is 408 g/mol. The number of rotatable bonds is 5. The molecule has 1 saturated carbocycles. The van der Waals surface area contributed by atoms with Crippen molar-refractivity contribution in [3.63, 3.8) is 0 Å². The van der Waals surface area contributed by atoms with E-state index in [0.717, 1.165) is 37.1 Å². The van der Waals surface area contributed by atoms with E-state index < -0.39 is 6.10 Å². The van der Waals surface area contributed by atoms with Gasteiger partial charge in [-0.05, 0) is 57.4 Å². The quantitative estimate of drug-likeness (QED) is 0.774. The number of hydrogen-bond donors (Lipinski definition) is 1. The van der Waals surface area contributed by atoms with Gasteiger partial charge in [0, 0.05) is 17.3 Å². The zero-order chi connectivity index (χ0) is 22.8. The molecule has 170 valence electrons. The Bertz CT molecular complexity index is 1040. The van der Waals surface area contributed by atoms with Crippen LogP contribution in [0.3, 0.4) is 0 Å². The first kappa shape index (κ1) is 22.0. The first-order valence-electron chi connectivity index (χ1n) is 11.4. The van der Waals surface area contributed by atoms with E-state index in [9.17, 15) is 14.4 Å². The van der Waals surface area contributed by atoms with Crippen molar-refractivity contribution < 1.29 is 19.1 Å². The maximum absolute atomic E-state index is 13.1. The van der Waals surface area contributed by atoms with E-state index in [1.165, 1.54) is 16.0 Å². The Morgan fingerprint density at radius 2 is 1.91 bits per heavy atom. The molecule has 0 radical (unpaired) electrons. The van der Waals surface area contributed by atoms with Crippen molar-refractivity contribution in [2.45, 2.75) is 71.4 Å². The summed E-state index contributed by atoms with van der Waals surface area (Å²) in [5.74, 6) is -0.264. The number of benzene rings is 1. The van der Waals surface area contributed by atoms with Gasteiger partial charge in [0.05, 0.1) is 11.4 Å². The highest BCUT2D eigenvalue weighted by molar-refractivity contribution is 6.05. The van der Waals surface area contributed by atoms with Gasteiger partial charge in [0.1, 0.15) is 12.3 Å². The van der Waals surface area contributed by atoms with Crippen LogP contribution in [0, 0.1) is 13.8 Å². The van der Waals surface area contributed by atoms with Crippen LogP contribution in [0.1, 0.15) is 67.2 Å². The molecule has 1 fully saturated rings. The minimum Gasteiger partial charge on any atom is -0.478 e. The van der Waals surface area contributed by atoms with Crippen LogP contribution in [0.5, 0.6) is 5.75 Å². The average molecular weight is 439 g/mol. The van der Waals surface area contributed by atoms with Gasteiger partial charge in [0.2, 0.25) is 5.91 Å². The molecule has 2 aromatic rings. The second-order valence-corrected chi connectivity index (χ2v) is 8.67. The van der Waals surface area contributed by atoms with E-state index in [1.54, 1.807) is 18.2 Å². The maximum Gasteiger partial charge on any atom is 0.278 e. The molecule has 2 amide bonds. The standard InChI is InChI=1S/C24H30N4O4/c1-4-20-24(31)27(14-22(29)25-18-8-6-5-7-9-18)19-13-17(10-11-21(19)32-20)23(30)28-16(3)12-15(2)26-28/h10-13,18,20H,4-9,14H2,1-3H3,(H,25,29)/t20-/m1/s1. The summed E-state index contributed by atoms with van der Waals surface area (Å²) in [6.07, 6.45) is 5.20. The summed E-state index contributed by atoms with van der Waals surface area (Å²) in [4.78, 5) is 40.3.